The number of alkyl halides is 3. The quantitative estimate of drug-likeness (QED) is 0.716. The maximum Gasteiger partial charge on any atom is 0.418 e. The highest BCUT2D eigenvalue weighted by Crippen LogP contribution is 2.39. The van der Waals surface area contributed by atoms with E-state index >= 15 is 0 Å². The number of pyridine rings is 1. The molecule has 0 bridgehead atoms. The summed E-state index contributed by atoms with van der Waals surface area (Å²) >= 11 is 0. The average Bonchev–Trinajstić information content (AvgIpc) is 2.73. The first-order chi connectivity index (χ1) is 14.7. The molecule has 2 fully saturated rings. The molecule has 3 atom stereocenters. The van der Waals surface area contributed by atoms with Gasteiger partial charge in [-0.3, -0.25) is 10.3 Å². The van der Waals surface area contributed by atoms with Crippen molar-refractivity contribution in [3.8, 4) is 0 Å². The summed E-state index contributed by atoms with van der Waals surface area (Å²) in [6.07, 6.45) is -0.773. The number of rotatable bonds is 4. The van der Waals surface area contributed by atoms with Crippen molar-refractivity contribution in [3.63, 3.8) is 0 Å². The molecule has 1 aromatic heterocycles. The highest BCUT2D eigenvalue weighted by molar-refractivity contribution is 5.94. The Kier molecular flexibility index (Phi) is 6.42. The molecular weight excluding hydrogens is 405 g/mol. The third-order valence-electron chi connectivity index (χ3n) is 6.66. The molecule has 2 aromatic rings. The number of anilines is 1. The molecule has 4 rings (SSSR count). The van der Waals surface area contributed by atoms with Gasteiger partial charge in [-0.05, 0) is 69.6 Å². The van der Waals surface area contributed by atoms with Gasteiger partial charge in [0.25, 0.3) is 0 Å². The van der Waals surface area contributed by atoms with Gasteiger partial charge < -0.3 is 14.9 Å². The number of nitrogens with zero attached hydrogens (tertiary/aromatic N) is 3. The molecule has 2 aliphatic rings. The Hall–Kier alpha value is -1.90. The molecule has 3 unspecified atom stereocenters. The molecule has 0 amide bonds. The van der Waals surface area contributed by atoms with E-state index in [1.165, 1.54) is 6.20 Å². The summed E-state index contributed by atoms with van der Waals surface area (Å²) in [4.78, 5) is 8.45. The first-order valence-electron chi connectivity index (χ1n) is 11.0. The number of hydrogen-bond acceptors (Lipinski definition) is 5. The number of aliphatic hydroxyl groups is 1. The second-order valence-electron chi connectivity index (χ2n) is 9.22. The largest absolute Gasteiger partial charge is 0.418 e. The Morgan fingerprint density at radius 3 is 2.61 bits per heavy atom. The van der Waals surface area contributed by atoms with Crippen molar-refractivity contribution in [2.75, 3.05) is 38.1 Å². The fourth-order valence-electron chi connectivity index (χ4n) is 5.04. The van der Waals surface area contributed by atoms with Crippen LogP contribution in [0.5, 0.6) is 0 Å². The third-order valence-corrected chi connectivity index (χ3v) is 6.66. The number of halogens is 3. The number of piperidine rings is 2. The second kappa shape index (κ2) is 8.92. The molecule has 0 radical (unpaired) electrons. The predicted molar refractivity (Wildman–Crippen MR) is 116 cm³/mol. The van der Waals surface area contributed by atoms with E-state index in [0.717, 1.165) is 50.7 Å². The van der Waals surface area contributed by atoms with Crippen molar-refractivity contribution < 1.29 is 18.3 Å². The van der Waals surface area contributed by atoms with E-state index in [4.69, 9.17) is 0 Å². The van der Waals surface area contributed by atoms with Crippen LogP contribution in [0, 0.1) is 11.8 Å². The molecule has 2 saturated heterocycles. The lowest BCUT2D eigenvalue weighted by Gasteiger charge is -2.41. The van der Waals surface area contributed by atoms with Crippen LogP contribution in [0.2, 0.25) is 0 Å². The van der Waals surface area contributed by atoms with Gasteiger partial charge in [0.15, 0.2) is 0 Å². The maximum atomic E-state index is 13.5. The van der Waals surface area contributed by atoms with Crippen molar-refractivity contribution >= 4 is 16.6 Å². The van der Waals surface area contributed by atoms with Crippen LogP contribution >= 0.6 is 0 Å². The summed E-state index contributed by atoms with van der Waals surface area (Å²) in [6, 6.07) is 6.36. The Balaban J connectivity index is 1.55. The van der Waals surface area contributed by atoms with Gasteiger partial charge in [0.1, 0.15) is 6.23 Å². The van der Waals surface area contributed by atoms with E-state index in [2.05, 4.69) is 34.1 Å². The Bertz CT molecular complexity index is 898. The molecule has 1 aromatic carbocycles. The minimum Gasteiger partial charge on any atom is -0.378 e. The fourth-order valence-corrected chi connectivity index (χ4v) is 5.04. The van der Waals surface area contributed by atoms with Crippen LogP contribution in [0.1, 0.15) is 31.7 Å². The number of nitrogens with one attached hydrogen (secondary N) is 1. The lowest BCUT2D eigenvalue weighted by atomic mass is 9.88. The van der Waals surface area contributed by atoms with Crippen LogP contribution in [-0.4, -0.2) is 60.5 Å². The first-order valence-corrected chi connectivity index (χ1v) is 11.0. The number of hydrogen-bond donors (Lipinski definition) is 2. The number of aromatic nitrogens is 1. The Morgan fingerprint density at radius 1 is 1.16 bits per heavy atom. The summed E-state index contributed by atoms with van der Waals surface area (Å²) in [5.74, 6) is 0.333. The normalized spacial score (nSPS) is 25.2. The molecule has 8 heteroatoms. The fraction of sp³-hybridized carbons (Fsp3) is 0.609. The van der Waals surface area contributed by atoms with Gasteiger partial charge >= 0.3 is 6.18 Å². The minimum atomic E-state index is -4.45. The van der Waals surface area contributed by atoms with E-state index in [9.17, 15) is 18.3 Å². The molecule has 170 valence electrons. The van der Waals surface area contributed by atoms with Crippen molar-refractivity contribution in [1.29, 1.82) is 0 Å². The van der Waals surface area contributed by atoms with Crippen molar-refractivity contribution in [1.82, 2.24) is 15.2 Å². The topological polar surface area (TPSA) is 51.6 Å². The third kappa shape index (κ3) is 4.96. The van der Waals surface area contributed by atoms with Gasteiger partial charge in [0, 0.05) is 42.3 Å². The van der Waals surface area contributed by atoms with Gasteiger partial charge in [-0.25, -0.2) is 0 Å². The summed E-state index contributed by atoms with van der Waals surface area (Å²) in [6.45, 7) is 5.50. The summed E-state index contributed by atoms with van der Waals surface area (Å²) in [5, 5.41) is 14.8. The smallest absolute Gasteiger partial charge is 0.378 e. The predicted octanol–water partition coefficient (Wildman–Crippen LogP) is 3.72. The number of benzene rings is 1. The molecule has 0 saturated carbocycles. The van der Waals surface area contributed by atoms with Crippen molar-refractivity contribution in [3.05, 3.63) is 36.0 Å². The summed E-state index contributed by atoms with van der Waals surface area (Å²) in [5.41, 5.74) is 0.0174. The molecule has 0 spiro atoms. The zero-order valence-electron chi connectivity index (χ0n) is 18.1. The lowest BCUT2D eigenvalue weighted by molar-refractivity contribution is -0.136. The van der Waals surface area contributed by atoms with E-state index in [1.54, 1.807) is 18.2 Å². The van der Waals surface area contributed by atoms with Gasteiger partial charge in [-0.1, -0.05) is 6.92 Å². The second-order valence-corrected chi connectivity index (χ2v) is 9.22. The number of likely N-dealkylation sites (tertiary alicyclic amines) is 1. The van der Waals surface area contributed by atoms with E-state index < -0.39 is 18.0 Å². The molecule has 2 aliphatic heterocycles. The zero-order valence-corrected chi connectivity index (χ0v) is 18.1. The van der Waals surface area contributed by atoms with Crippen molar-refractivity contribution in [2.24, 2.45) is 11.8 Å². The zero-order chi connectivity index (χ0) is 22.2. The molecule has 3 heterocycles. The molecule has 0 aliphatic carbocycles. The first kappa shape index (κ1) is 22.3. The standard InChI is InChI=1S/C23H31F3N4O/c1-15-12-16(22(31)28-17-7-10-29(2)11-8-17)14-30(13-15)20-6-5-19(23(24,25)26)21-18(20)4-3-9-27-21/h3-6,9,15-17,22,28,31H,7-8,10-14H2,1-2H3. The molecule has 5 nitrogen and oxygen atoms in total. The maximum absolute atomic E-state index is 13.5. The van der Waals surface area contributed by atoms with Crippen LogP contribution < -0.4 is 10.2 Å². The Morgan fingerprint density at radius 2 is 1.90 bits per heavy atom. The van der Waals surface area contributed by atoms with Gasteiger partial charge in [-0.15, -0.1) is 0 Å². The van der Waals surface area contributed by atoms with Crippen LogP contribution in [0.4, 0.5) is 18.9 Å². The highest BCUT2D eigenvalue weighted by Gasteiger charge is 2.36. The Labute approximate surface area is 181 Å². The van der Waals surface area contributed by atoms with Crippen LogP contribution in [0.15, 0.2) is 30.5 Å². The number of aliphatic hydroxyl groups excluding tert-OH is 1. The SMILES string of the molecule is CC1CC(C(O)NC2CCN(C)CC2)CN(c2ccc(C(F)(F)F)c3ncccc23)C1. The highest BCUT2D eigenvalue weighted by atomic mass is 19.4. The van der Waals surface area contributed by atoms with Crippen LogP contribution in [0.3, 0.4) is 0 Å². The van der Waals surface area contributed by atoms with Crippen LogP contribution in [-0.2, 0) is 6.18 Å². The van der Waals surface area contributed by atoms with E-state index in [0.29, 0.717) is 23.9 Å². The van der Waals surface area contributed by atoms with Gasteiger partial charge in [-0.2, -0.15) is 13.2 Å². The molecular formula is C23H31F3N4O. The molecule has 31 heavy (non-hydrogen) atoms. The van der Waals surface area contributed by atoms with Crippen LogP contribution in [0.25, 0.3) is 10.9 Å². The minimum absolute atomic E-state index is 0.0115. The van der Waals surface area contributed by atoms with Gasteiger partial charge in [0.2, 0.25) is 0 Å². The summed E-state index contributed by atoms with van der Waals surface area (Å²) < 4.78 is 40.4. The summed E-state index contributed by atoms with van der Waals surface area (Å²) in [7, 11) is 2.11. The molecule has 2 N–H and O–H groups in total. The van der Waals surface area contributed by atoms with Crippen molar-refractivity contribution in [2.45, 2.75) is 44.6 Å². The monoisotopic (exact) mass is 436 g/mol. The number of fused-ring (bicyclic) bond motifs is 1. The lowest BCUT2D eigenvalue weighted by Crippen LogP contribution is -2.52. The van der Waals surface area contributed by atoms with E-state index in [-0.39, 0.29) is 11.4 Å². The van der Waals surface area contributed by atoms with E-state index in [1.807, 2.05) is 0 Å². The average molecular weight is 437 g/mol. The van der Waals surface area contributed by atoms with Gasteiger partial charge in [0.05, 0.1) is 11.1 Å².